The van der Waals surface area contributed by atoms with E-state index in [0.717, 1.165) is 6.54 Å². The van der Waals surface area contributed by atoms with Crippen molar-refractivity contribution >= 4 is 21.4 Å². The van der Waals surface area contributed by atoms with Crippen LogP contribution in [0.2, 0.25) is 0 Å². The summed E-state index contributed by atoms with van der Waals surface area (Å²) in [6, 6.07) is 6.34. The normalized spacial score (nSPS) is 11.0. The molecular weight excluding hydrogens is 192 g/mol. The average Bonchev–Trinajstić information content (AvgIpc) is 2.62. The lowest BCUT2D eigenvalue weighted by atomic mass is 10.1. The first kappa shape index (κ1) is 9.65. The summed E-state index contributed by atoms with van der Waals surface area (Å²) in [5.74, 6) is 0. The van der Waals surface area contributed by atoms with Crippen LogP contribution in [0, 0.1) is 0 Å². The molecule has 1 aromatic heterocycles. The second kappa shape index (κ2) is 4.09. The first-order valence-corrected chi connectivity index (χ1v) is 5.57. The second-order valence-corrected chi connectivity index (χ2v) is 4.17. The maximum atomic E-state index is 5.69. The molecule has 0 spiro atoms. The molecule has 2 rings (SSSR count). The summed E-state index contributed by atoms with van der Waals surface area (Å²) in [5.41, 5.74) is 8.30. The van der Waals surface area contributed by atoms with Gasteiger partial charge in [0.1, 0.15) is 0 Å². The number of nitrogens with one attached hydrogen (secondary N) is 1. The lowest BCUT2D eigenvalue weighted by Gasteiger charge is -2.00. The number of thiophene rings is 1. The minimum atomic E-state index is 0.622. The molecule has 2 nitrogen and oxygen atoms in total. The molecule has 14 heavy (non-hydrogen) atoms. The summed E-state index contributed by atoms with van der Waals surface area (Å²) in [4.78, 5) is 0. The molecule has 1 heterocycles. The van der Waals surface area contributed by atoms with Crippen molar-refractivity contribution in [2.24, 2.45) is 5.73 Å². The van der Waals surface area contributed by atoms with Crippen molar-refractivity contribution in [3.63, 3.8) is 0 Å². The van der Waals surface area contributed by atoms with Crippen LogP contribution >= 0.6 is 11.3 Å². The minimum absolute atomic E-state index is 0.622. The average molecular weight is 206 g/mol. The topological polar surface area (TPSA) is 38.0 Å². The molecule has 1 aromatic carbocycles. The van der Waals surface area contributed by atoms with E-state index in [1.54, 1.807) is 11.3 Å². The van der Waals surface area contributed by atoms with Crippen molar-refractivity contribution in [3.05, 3.63) is 34.7 Å². The summed E-state index contributed by atoms with van der Waals surface area (Å²) >= 11 is 1.79. The van der Waals surface area contributed by atoms with Crippen LogP contribution in [-0.4, -0.2) is 7.05 Å². The fraction of sp³-hybridized carbons (Fsp3) is 0.273. The Hall–Kier alpha value is -0.900. The highest BCUT2D eigenvalue weighted by atomic mass is 32.1. The molecule has 0 aliphatic carbocycles. The molecule has 0 radical (unpaired) electrons. The van der Waals surface area contributed by atoms with Gasteiger partial charge in [0, 0.05) is 17.8 Å². The molecule has 3 heteroatoms. The molecule has 0 aliphatic heterocycles. The third kappa shape index (κ3) is 1.54. The summed E-state index contributed by atoms with van der Waals surface area (Å²) in [5, 5.41) is 6.72. The molecule has 3 N–H and O–H groups in total. The van der Waals surface area contributed by atoms with Gasteiger partial charge in [0.25, 0.3) is 0 Å². The van der Waals surface area contributed by atoms with Gasteiger partial charge in [0.15, 0.2) is 0 Å². The third-order valence-electron chi connectivity index (χ3n) is 2.35. The maximum absolute atomic E-state index is 5.69. The van der Waals surface area contributed by atoms with Crippen molar-refractivity contribution in [1.82, 2.24) is 5.32 Å². The summed E-state index contributed by atoms with van der Waals surface area (Å²) in [6.07, 6.45) is 0. The molecule has 0 fully saturated rings. The van der Waals surface area contributed by atoms with Gasteiger partial charge in [-0.1, -0.05) is 18.2 Å². The SMILES string of the molecule is CNCc1csc2c(CN)cccc12. The van der Waals surface area contributed by atoms with Gasteiger partial charge in [0.05, 0.1) is 0 Å². The van der Waals surface area contributed by atoms with Gasteiger partial charge in [-0.2, -0.15) is 0 Å². The number of benzene rings is 1. The van der Waals surface area contributed by atoms with Gasteiger partial charge < -0.3 is 11.1 Å². The van der Waals surface area contributed by atoms with Crippen molar-refractivity contribution in [3.8, 4) is 0 Å². The fourth-order valence-electron chi connectivity index (χ4n) is 1.66. The number of nitrogens with two attached hydrogens (primary N) is 1. The Morgan fingerprint density at radius 3 is 2.93 bits per heavy atom. The molecule has 0 unspecified atom stereocenters. The number of hydrogen-bond donors (Lipinski definition) is 2. The van der Waals surface area contributed by atoms with Gasteiger partial charge in [-0.05, 0) is 28.9 Å². The zero-order chi connectivity index (χ0) is 9.97. The summed E-state index contributed by atoms with van der Waals surface area (Å²) in [6.45, 7) is 1.55. The van der Waals surface area contributed by atoms with Crippen LogP contribution in [0.4, 0.5) is 0 Å². The Morgan fingerprint density at radius 1 is 1.36 bits per heavy atom. The van der Waals surface area contributed by atoms with Crippen LogP contribution in [0.25, 0.3) is 10.1 Å². The molecule has 0 bridgehead atoms. The van der Waals surface area contributed by atoms with Gasteiger partial charge >= 0.3 is 0 Å². The molecule has 0 atom stereocenters. The monoisotopic (exact) mass is 206 g/mol. The van der Waals surface area contributed by atoms with Crippen molar-refractivity contribution in [2.75, 3.05) is 7.05 Å². The van der Waals surface area contributed by atoms with E-state index in [1.165, 1.54) is 21.2 Å². The predicted molar refractivity (Wildman–Crippen MR) is 62.5 cm³/mol. The molecule has 0 amide bonds. The third-order valence-corrected chi connectivity index (χ3v) is 3.47. The Bertz CT molecular complexity index is 434. The van der Waals surface area contributed by atoms with Gasteiger partial charge in [-0.3, -0.25) is 0 Å². The van der Waals surface area contributed by atoms with Gasteiger partial charge in [0.2, 0.25) is 0 Å². The number of rotatable bonds is 3. The van der Waals surface area contributed by atoms with Crippen LogP contribution in [0.1, 0.15) is 11.1 Å². The van der Waals surface area contributed by atoms with Gasteiger partial charge in [-0.25, -0.2) is 0 Å². The summed E-state index contributed by atoms with van der Waals surface area (Å²) in [7, 11) is 1.97. The van der Waals surface area contributed by atoms with Crippen molar-refractivity contribution < 1.29 is 0 Å². The van der Waals surface area contributed by atoms with Crippen LogP contribution in [-0.2, 0) is 13.1 Å². The zero-order valence-electron chi connectivity index (χ0n) is 8.21. The lowest BCUT2D eigenvalue weighted by Crippen LogP contribution is -2.04. The standard InChI is InChI=1S/C11H14N2S/c1-13-6-9-7-14-11-8(5-12)3-2-4-10(9)11/h2-4,7,13H,5-6,12H2,1H3. The lowest BCUT2D eigenvalue weighted by molar-refractivity contribution is 0.826. The van der Waals surface area contributed by atoms with Crippen molar-refractivity contribution in [2.45, 2.75) is 13.1 Å². The Balaban J connectivity index is 2.57. The number of fused-ring (bicyclic) bond motifs is 1. The van der Waals surface area contributed by atoms with Crippen molar-refractivity contribution in [1.29, 1.82) is 0 Å². The predicted octanol–water partition coefficient (Wildman–Crippen LogP) is 2.08. The Labute approximate surface area is 87.7 Å². The van der Waals surface area contributed by atoms with Crippen LogP contribution in [0.5, 0.6) is 0 Å². The summed E-state index contributed by atoms with van der Waals surface area (Å²) < 4.78 is 1.33. The Morgan fingerprint density at radius 2 is 2.21 bits per heavy atom. The second-order valence-electron chi connectivity index (χ2n) is 3.29. The highest BCUT2D eigenvalue weighted by Crippen LogP contribution is 2.28. The Kier molecular flexibility index (Phi) is 2.82. The highest BCUT2D eigenvalue weighted by molar-refractivity contribution is 7.17. The van der Waals surface area contributed by atoms with E-state index in [4.69, 9.17) is 5.73 Å². The van der Waals surface area contributed by atoms with E-state index < -0.39 is 0 Å². The molecule has 2 aromatic rings. The van der Waals surface area contributed by atoms with E-state index in [-0.39, 0.29) is 0 Å². The zero-order valence-corrected chi connectivity index (χ0v) is 9.03. The molecule has 74 valence electrons. The van der Waals surface area contributed by atoms with Gasteiger partial charge in [-0.15, -0.1) is 11.3 Å². The van der Waals surface area contributed by atoms with E-state index in [2.05, 4.69) is 28.9 Å². The number of hydrogen-bond acceptors (Lipinski definition) is 3. The maximum Gasteiger partial charge on any atom is 0.0390 e. The van der Waals surface area contributed by atoms with E-state index in [0.29, 0.717) is 6.54 Å². The van der Waals surface area contributed by atoms with Crippen LogP contribution in [0.3, 0.4) is 0 Å². The smallest absolute Gasteiger partial charge is 0.0390 e. The first-order valence-electron chi connectivity index (χ1n) is 4.69. The van der Waals surface area contributed by atoms with E-state index in [9.17, 15) is 0 Å². The minimum Gasteiger partial charge on any atom is -0.326 e. The first-order chi connectivity index (χ1) is 6.86. The molecule has 0 aliphatic rings. The molecule has 0 saturated carbocycles. The van der Waals surface area contributed by atoms with Crippen LogP contribution < -0.4 is 11.1 Å². The molecule has 0 saturated heterocycles. The van der Waals surface area contributed by atoms with E-state index in [1.807, 2.05) is 7.05 Å². The van der Waals surface area contributed by atoms with Crippen LogP contribution in [0.15, 0.2) is 23.6 Å². The quantitative estimate of drug-likeness (QED) is 0.807. The van der Waals surface area contributed by atoms with E-state index >= 15 is 0 Å². The fourth-order valence-corrected chi connectivity index (χ4v) is 2.76. The molecular formula is C11H14N2S. The largest absolute Gasteiger partial charge is 0.326 e. The highest BCUT2D eigenvalue weighted by Gasteiger charge is 2.05.